The highest BCUT2D eigenvalue weighted by Crippen LogP contribution is 2.45. The fourth-order valence-electron chi connectivity index (χ4n) is 2.70. The second-order valence-electron chi connectivity index (χ2n) is 4.15. The third-order valence-corrected chi connectivity index (χ3v) is 8.65. The molecule has 0 aromatic heterocycles. The van der Waals surface area contributed by atoms with Gasteiger partial charge in [-0.1, -0.05) is 24.9 Å². The molecule has 0 N–H and O–H groups in total. The van der Waals surface area contributed by atoms with E-state index >= 15 is 0 Å². The Labute approximate surface area is 67.0 Å². The fraction of sp³-hybridized carbons (Fsp3) is 1.00. The van der Waals surface area contributed by atoms with Crippen LogP contribution in [0.3, 0.4) is 0 Å². The van der Waals surface area contributed by atoms with Crippen molar-refractivity contribution in [2.45, 2.75) is 49.4 Å². The van der Waals surface area contributed by atoms with Crippen molar-refractivity contribution in [1.82, 2.24) is 0 Å². The normalized spacial score (nSPS) is 42.0. The number of rotatable bonds is 0. The summed E-state index contributed by atoms with van der Waals surface area (Å²) in [5.41, 5.74) is 0. The lowest BCUT2D eigenvalue weighted by atomic mass is 10.3. The molecule has 0 amide bonds. The summed E-state index contributed by atoms with van der Waals surface area (Å²) in [6, 6.07) is 3.67. The Kier molecular flexibility index (Phi) is 1.78. The van der Waals surface area contributed by atoms with Crippen LogP contribution in [0, 0.1) is 0 Å². The van der Waals surface area contributed by atoms with Crippen molar-refractivity contribution >= 4 is 8.07 Å². The molecule has 0 nitrogen and oxygen atoms in total. The van der Waals surface area contributed by atoms with Gasteiger partial charge in [0.2, 0.25) is 0 Å². The highest BCUT2D eigenvalue weighted by molar-refractivity contribution is 6.81. The molecule has 0 aromatic carbocycles. The molecule has 2 atom stereocenters. The lowest BCUT2D eigenvalue weighted by Crippen LogP contribution is -2.25. The van der Waals surface area contributed by atoms with Crippen LogP contribution in [-0.4, -0.2) is 20.4 Å². The van der Waals surface area contributed by atoms with E-state index in [2.05, 4.69) is 0 Å². The highest BCUT2D eigenvalue weighted by Gasteiger charge is 2.48. The van der Waals surface area contributed by atoms with Gasteiger partial charge in [-0.25, -0.2) is 8.78 Å². The quantitative estimate of drug-likeness (QED) is 0.498. The van der Waals surface area contributed by atoms with Crippen LogP contribution >= 0.6 is 0 Å². The van der Waals surface area contributed by atoms with Gasteiger partial charge in [0.1, 0.15) is 12.3 Å². The second-order valence-corrected chi connectivity index (χ2v) is 8.96. The summed E-state index contributed by atoms with van der Waals surface area (Å²) in [6.07, 6.45) is 0.289. The molecule has 2 saturated heterocycles. The van der Waals surface area contributed by atoms with Gasteiger partial charge in [0.25, 0.3) is 0 Å². The van der Waals surface area contributed by atoms with Gasteiger partial charge in [0, 0.05) is 0 Å². The fourth-order valence-corrected chi connectivity index (χ4v) is 8.10. The van der Waals surface area contributed by atoms with E-state index in [1.54, 1.807) is 0 Å². The molecule has 2 unspecified atom stereocenters. The molecule has 0 aromatic rings. The zero-order chi connectivity index (χ0) is 7.90. The third-order valence-electron chi connectivity index (χ3n) is 3.31. The Morgan fingerprint density at radius 2 is 1.36 bits per heavy atom. The molecule has 2 fully saturated rings. The maximum atomic E-state index is 12.9. The lowest BCUT2D eigenvalue weighted by Gasteiger charge is -2.17. The van der Waals surface area contributed by atoms with E-state index in [0.29, 0.717) is 12.1 Å². The summed E-state index contributed by atoms with van der Waals surface area (Å²) in [5.74, 6) is 0. The zero-order valence-corrected chi connectivity index (χ0v) is 7.65. The first-order valence-corrected chi connectivity index (χ1v) is 7.33. The molecular weight excluding hydrogens is 162 g/mol. The van der Waals surface area contributed by atoms with E-state index in [1.165, 1.54) is 24.9 Å². The summed E-state index contributed by atoms with van der Waals surface area (Å²) in [5, 5.41) is 0. The number of halogens is 2. The molecule has 3 heteroatoms. The molecular formula is C8H14F2Si. The van der Waals surface area contributed by atoms with Crippen molar-refractivity contribution < 1.29 is 8.78 Å². The standard InChI is InChI=1S/C8H14F2Si/c9-7-5-11(6-8(7)10)3-1-2-4-11/h7-8H,1-6H2. The van der Waals surface area contributed by atoms with E-state index < -0.39 is 20.4 Å². The van der Waals surface area contributed by atoms with Crippen molar-refractivity contribution in [3.8, 4) is 0 Å². The largest absolute Gasteiger partial charge is 0.245 e. The van der Waals surface area contributed by atoms with Crippen LogP contribution in [-0.2, 0) is 0 Å². The van der Waals surface area contributed by atoms with Crippen LogP contribution < -0.4 is 0 Å². The third kappa shape index (κ3) is 1.23. The van der Waals surface area contributed by atoms with Crippen molar-refractivity contribution in [1.29, 1.82) is 0 Å². The average molecular weight is 176 g/mol. The van der Waals surface area contributed by atoms with E-state index in [1.807, 2.05) is 0 Å². The maximum Gasteiger partial charge on any atom is 0.129 e. The van der Waals surface area contributed by atoms with Crippen molar-refractivity contribution in [2.24, 2.45) is 0 Å². The summed E-state index contributed by atoms with van der Waals surface area (Å²) >= 11 is 0. The number of hydrogen-bond acceptors (Lipinski definition) is 0. The van der Waals surface area contributed by atoms with Gasteiger partial charge in [-0.15, -0.1) is 0 Å². The van der Waals surface area contributed by atoms with Gasteiger partial charge in [-0.2, -0.15) is 0 Å². The SMILES string of the molecule is FC1C[Si]2(CCCC2)CC1F. The molecule has 1 spiro atoms. The molecule has 11 heavy (non-hydrogen) atoms. The smallest absolute Gasteiger partial charge is 0.129 e. The van der Waals surface area contributed by atoms with Crippen LogP contribution in [0.1, 0.15) is 12.8 Å². The predicted octanol–water partition coefficient (Wildman–Crippen LogP) is 2.92. The van der Waals surface area contributed by atoms with Crippen LogP contribution in [0.4, 0.5) is 8.78 Å². The van der Waals surface area contributed by atoms with Gasteiger partial charge in [0.15, 0.2) is 0 Å². The molecule has 0 radical (unpaired) electrons. The average Bonchev–Trinajstić information content (AvgIpc) is 2.46. The molecule has 2 aliphatic heterocycles. The second kappa shape index (κ2) is 2.54. The number of hydrogen-bond donors (Lipinski definition) is 0. The van der Waals surface area contributed by atoms with Gasteiger partial charge in [-0.05, 0) is 12.1 Å². The maximum absolute atomic E-state index is 12.9. The van der Waals surface area contributed by atoms with Crippen molar-refractivity contribution in [3.05, 3.63) is 0 Å². The molecule has 0 bridgehead atoms. The lowest BCUT2D eigenvalue weighted by molar-refractivity contribution is 0.213. The van der Waals surface area contributed by atoms with Gasteiger partial charge in [0.05, 0.1) is 8.07 Å². The Hall–Kier alpha value is 0.0769. The first-order chi connectivity index (χ1) is 5.22. The summed E-state index contributed by atoms with van der Waals surface area (Å²) in [7, 11) is -1.35. The zero-order valence-electron chi connectivity index (χ0n) is 6.65. The molecule has 0 saturated carbocycles. The monoisotopic (exact) mass is 176 g/mol. The first-order valence-electron chi connectivity index (χ1n) is 4.50. The number of alkyl halides is 2. The van der Waals surface area contributed by atoms with E-state index in [9.17, 15) is 8.78 Å². The van der Waals surface area contributed by atoms with E-state index in [-0.39, 0.29) is 0 Å². The Bertz CT molecular complexity index is 142. The summed E-state index contributed by atoms with van der Waals surface area (Å²) in [6.45, 7) is 0. The minimum atomic E-state index is -1.35. The first kappa shape index (κ1) is 7.71. The summed E-state index contributed by atoms with van der Waals surface area (Å²) < 4.78 is 25.7. The Morgan fingerprint density at radius 1 is 0.909 bits per heavy atom. The Morgan fingerprint density at radius 3 is 1.82 bits per heavy atom. The van der Waals surface area contributed by atoms with Crippen molar-refractivity contribution in [2.75, 3.05) is 0 Å². The van der Waals surface area contributed by atoms with Crippen LogP contribution in [0.2, 0.25) is 24.2 Å². The van der Waals surface area contributed by atoms with Gasteiger partial charge < -0.3 is 0 Å². The van der Waals surface area contributed by atoms with Crippen LogP contribution in [0.15, 0.2) is 0 Å². The minimum Gasteiger partial charge on any atom is -0.245 e. The van der Waals surface area contributed by atoms with E-state index in [4.69, 9.17) is 0 Å². The predicted molar refractivity (Wildman–Crippen MR) is 44.0 cm³/mol. The molecule has 2 heterocycles. The molecule has 2 rings (SSSR count). The van der Waals surface area contributed by atoms with Gasteiger partial charge in [-0.3, -0.25) is 0 Å². The molecule has 64 valence electrons. The topological polar surface area (TPSA) is 0 Å². The molecule has 0 aliphatic carbocycles. The summed E-state index contributed by atoms with van der Waals surface area (Å²) in [4.78, 5) is 0. The van der Waals surface area contributed by atoms with E-state index in [0.717, 1.165) is 0 Å². The highest BCUT2D eigenvalue weighted by atomic mass is 28.3. The Balaban J connectivity index is 2.06. The minimum absolute atomic E-state index is 0.633. The van der Waals surface area contributed by atoms with Crippen LogP contribution in [0.25, 0.3) is 0 Å². The van der Waals surface area contributed by atoms with Gasteiger partial charge >= 0.3 is 0 Å². The molecule has 2 aliphatic rings. The van der Waals surface area contributed by atoms with Crippen molar-refractivity contribution in [3.63, 3.8) is 0 Å². The van der Waals surface area contributed by atoms with Crippen LogP contribution in [0.5, 0.6) is 0 Å².